The Morgan fingerprint density at radius 2 is 1.85 bits per heavy atom. The van der Waals surface area contributed by atoms with Crippen molar-refractivity contribution >= 4 is 17.7 Å². The lowest BCUT2D eigenvalue weighted by Crippen LogP contribution is -2.43. The molecule has 3 rings (SSSR count). The number of hydrogen-bond donors (Lipinski definition) is 1. The first-order valence-corrected chi connectivity index (χ1v) is 11.1. The van der Waals surface area contributed by atoms with E-state index >= 15 is 0 Å². The first-order chi connectivity index (χ1) is 15.8. The molecule has 33 heavy (non-hydrogen) atoms. The number of Topliss-reactive ketones (excluding diaryl/α,β-unsaturated/α-hetero) is 1. The molecular formula is C25H30FNO6. The number of carbonyl (C=O) groups is 3. The Balaban J connectivity index is 2.01. The fourth-order valence-electron chi connectivity index (χ4n) is 4.46. The first kappa shape index (κ1) is 24.6. The summed E-state index contributed by atoms with van der Waals surface area (Å²) in [6.45, 7) is 6.43. The van der Waals surface area contributed by atoms with Gasteiger partial charge in [0, 0.05) is 29.5 Å². The Morgan fingerprint density at radius 1 is 1.15 bits per heavy atom. The van der Waals surface area contributed by atoms with Gasteiger partial charge in [0.05, 0.1) is 19.3 Å². The molecule has 1 heterocycles. The van der Waals surface area contributed by atoms with Crippen LogP contribution in [0.15, 0.2) is 46.8 Å². The van der Waals surface area contributed by atoms with Gasteiger partial charge in [-0.1, -0.05) is 26.0 Å². The second kappa shape index (κ2) is 10.7. The van der Waals surface area contributed by atoms with E-state index in [1.165, 1.54) is 19.2 Å². The molecule has 1 N–H and O–H groups in total. The minimum Gasteiger partial charge on any atom is -0.468 e. The average Bonchev–Trinajstić information content (AvgIpc) is 2.78. The lowest BCUT2D eigenvalue weighted by Gasteiger charge is -2.38. The van der Waals surface area contributed by atoms with Crippen molar-refractivity contribution < 1.29 is 33.0 Å². The third-order valence-electron chi connectivity index (χ3n) is 5.98. The van der Waals surface area contributed by atoms with Crippen LogP contribution in [0.25, 0.3) is 0 Å². The van der Waals surface area contributed by atoms with E-state index in [0.717, 1.165) is 6.42 Å². The van der Waals surface area contributed by atoms with Crippen LogP contribution in [0.2, 0.25) is 0 Å². The number of carbonyl (C=O) groups excluding carboxylic acids is 3. The molecule has 0 radical (unpaired) electrons. The van der Waals surface area contributed by atoms with Gasteiger partial charge >= 0.3 is 11.9 Å². The largest absolute Gasteiger partial charge is 0.468 e. The van der Waals surface area contributed by atoms with Crippen molar-refractivity contribution in [2.75, 3.05) is 26.9 Å². The Kier molecular flexibility index (Phi) is 8.02. The van der Waals surface area contributed by atoms with Crippen LogP contribution in [0.5, 0.6) is 0 Å². The van der Waals surface area contributed by atoms with Crippen molar-refractivity contribution in [1.82, 2.24) is 5.32 Å². The number of dihydropyridines is 1. The predicted molar refractivity (Wildman–Crippen MR) is 118 cm³/mol. The number of ether oxygens (including phenoxy) is 3. The fraction of sp³-hybridized carbons (Fsp3) is 0.480. The van der Waals surface area contributed by atoms with E-state index in [0.29, 0.717) is 35.6 Å². The molecule has 1 aromatic rings. The zero-order chi connectivity index (χ0) is 24.1. The number of esters is 2. The quantitative estimate of drug-likeness (QED) is 0.362. The summed E-state index contributed by atoms with van der Waals surface area (Å²) in [6.07, 6.45) is 1.29. The Morgan fingerprint density at radius 3 is 2.48 bits per heavy atom. The molecule has 0 saturated heterocycles. The summed E-state index contributed by atoms with van der Waals surface area (Å²) in [5.74, 6) is -4.09. The average molecular weight is 460 g/mol. The molecule has 1 aliphatic carbocycles. The molecular weight excluding hydrogens is 429 g/mol. The van der Waals surface area contributed by atoms with Crippen molar-refractivity contribution in [1.29, 1.82) is 0 Å². The number of rotatable bonds is 8. The SMILES string of the molecule is CCCOCCOC(=O)C1=C(C)NC2=C(C(=O)C(C(=O)OC)C(C)C2)C1c1ccc(F)cc1. The highest BCUT2D eigenvalue weighted by Crippen LogP contribution is 2.45. The summed E-state index contributed by atoms with van der Waals surface area (Å²) < 4.78 is 29.4. The van der Waals surface area contributed by atoms with E-state index in [1.807, 2.05) is 13.8 Å². The number of methoxy groups -OCH3 is 1. The standard InChI is InChI=1S/C25H30FNO6/c1-5-10-32-11-12-33-25(30)20-15(3)27-18-13-14(2)19(24(29)31-4)23(28)22(18)21(20)16-6-8-17(26)9-7-16/h6-9,14,19,21,27H,5,10-13H2,1-4H3. The molecule has 1 aliphatic heterocycles. The first-order valence-electron chi connectivity index (χ1n) is 11.1. The van der Waals surface area contributed by atoms with Crippen LogP contribution in [-0.2, 0) is 28.6 Å². The number of ketones is 1. The molecule has 0 fully saturated rings. The van der Waals surface area contributed by atoms with Crippen molar-refractivity contribution in [3.8, 4) is 0 Å². The van der Waals surface area contributed by atoms with E-state index in [-0.39, 0.29) is 24.7 Å². The number of benzene rings is 1. The predicted octanol–water partition coefficient (Wildman–Crippen LogP) is 3.41. The summed E-state index contributed by atoms with van der Waals surface area (Å²) in [5, 5.41) is 3.19. The lowest BCUT2D eigenvalue weighted by atomic mass is 9.69. The van der Waals surface area contributed by atoms with Gasteiger partial charge in [0.2, 0.25) is 0 Å². The maximum Gasteiger partial charge on any atom is 0.336 e. The minimum absolute atomic E-state index is 0.0629. The highest BCUT2D eigenvalue weighted by molar-refractivity contribution is 6.12. The van der Waals surface area contributed by atoms with Crippen LogP contribution in [0, 0.1) is 17.7 Å². The molecule has 1 aromatic carbocycles. The fourth-order valence-corrected chi connectivity index (χ4v) is 4.46. The minimum atomic E-state index is -0.975. The molecule has 0 aromatic heterocycles. The number of halogens is 1. The molecule has 0 amide bonds. The molecule has 7 nitrogen and oxygen atoms in total. The van der Waals surface area contributed by atoms with Crippen molar-refractivity contribution in [2.45, 2.75) is 39.5 Å². The van der Waals surface area contributed by atoms with E-state index in [4.69, 9.17) is 14.2 Å². The second-order valence-electron chi connectivity index (χ2n) is 8.34. The lowest BCUT2D eigenvalue weighted by molar-refractivity contribution is -0.151. The van der Waals surface area contributed by atoms with Gasteiger partial charge in [-0.2, -0.15) is 0 Å². The Hall–Kier alpha value is -3.00. The topological polar surface area (TPSA) is 90.9 Å². The van der Waals surface area contributed by atoms with Gasteiger partial charge in [0.15, 0.2) is 5.78 Å². The van der Waals surface area contributed by atoms with Gasteiger partial charge < -0.3 is 19.5 Å². The summed E-state index contributed by atoms with van der Waals surface area (Å²) in [5.41, 5.74) is 2.34. The van der Waals surface area contributed by atoms with Crippen LogP contribution in [-0.4, -0.2) is 44.7 Å². The van der Waals surface area contributed by atoms with Crippen LogP contribution in [0.3, 0.4) is 0 Å². The highest BCUT2D eigenvalue weighted by Gasteiger charge is 2.47. The van der Waals surface area contributed by atoms with Crippen molar-refractivity contribution in [3.63, 3.8) is 0 Å². The maximum atomic E-state index is 13.7. The van der Waals surface area contributed by atoms with Gasteiger partial charge in [0.25, 0.3) is 0 Å². The molecule has 0 spiro atoms. The number of allylic oxidation sites excluding steroid dienone is 3. The maximum absolute atomic E-state index is 13.7. The van der Waals surface area contributed by atoms with Gasteiger partial charge in [-0.3, -0.25) is 9.59 Å². The van der Waals surface area contributed by atoms with E-state index < -0.39 is 35.4 Å². The van der Waals surface area contributed by atoms with Gasteiger partial charge in [-0.25, -0.2) is 9.18 Å². The smallest absolute Gasteiger partial charge is 0.336 e. The van der Waals surface area contributed by atoms with Gasteiger partial charge in [-0.05, 0) is 43.4 Å². The van der Waals surface area contributed by atoms with Crippen LogP contribution in [0.1, 0.15) is 45.1 Å². The van der Waals surface area contributed by atoms with Gasteiger partial charge in [0.1, 0.15) is 18.3 Å². The zero-order valence-electron chi connectivity index (χ0n) is 19.4. The summed E-state index contributed by atoms with van der Waals surface area (Å²) >= 11 is 0. The van der Waals surface area contributed by atoms with E-state index in [9.17, 15) is 18.8 Å². The van der Waals surface area contributed by atoms with Crippen molar-refractivity contribution in [3.05, 3.63) is 58.2 Å². The Labute approximate surface area is 193 Å². The molecule has 8 heteroatoms. The van der Waals surface area contributed by atoms with Crippen molar-refractivity contribution in [2.24, 2.45) is 11.8 Å². The van der Waals surface area contributed by atoms with Crippen LogP contribution < -0.4 is 5.32 Å². The zero-order valence-corrected chi connectivity index (χ0v) is 19.4. The normalized spacial score (nSPS) is 22.6. The molecule has 3 unspecified atom stereocenters. The number of hydrogen-bond acceptors (Lipinski definition) is 7. The molecule has 0 saturated carbocycles. The number of nitrogens with one attached hydrogen (secondary N) is 1. The molecule has 0 bridgehead atoms. The summed E-state index contributed by atoms with van der Waals surface area (Å²) in [7, 11) is 1.25. The highest BCUT2D eigenvalue weighted by atomic mass is 19.1. The summed E-state index contributed by atoms with van der Waals surface area (Å²) in [4.78, 5) is 39.1. The van der Waals surface area contributed by atoms with Gasteiger partial charge in [-0.15, -0.1) is 0 Å². The second-order valence-corrected chi connectivity index (χ2v) is 8.34. The third-order valence-corrected chi connectivity index (χ3v) is 5.98. The van der Waals surface area contributed by atoms with E-state index in [2.05, 4.69) is 5.32 Å². The molecule has 178 valence electrons. The van der Waals surface area contributed by atoms with Crippen LogP contribution >= 0.6 is 0 Å². The summed E-state index contributed by atoms with van der Waals surface area (Å²) in [6, 6.07) is 5.64. The monoisotopic (exact) mass is 459 g/mol. The third kappa shape index (κ3) is 5.16. The molecule has 3 atom stereocenters. The Bertz CT molecular complexity index is 981. The van der Waals surface area contributed by atoms with E-state index in [1.54, 1.807) is 19.1 Å². The molecule has 2 aliphatic rings. The van der Waals surface area contributed by atoms with Crippen LogP contribution in [0.4, 0.5) is 4.39 Å².